The molecule has 0 saturated heterocycles. The first-order chi connectivity index (χ1) is 16.6. The van der Waals surface area contributed by atoms with Gasteiger partial charge < -0.3 is 15.9 Å². The van der Waals surface area contributed by atoms with Crippen LogP contribution in [-0.2, 0) is 0 Å². The highest BCUT2D eigenvalue weighted by molar-refractivity contribution is 5.61. The molecular formula is C31H37NO2. The Kier molecular flexibility index (Phi) is 6.80. The van der Waals surface area contributed by atoms with Crippen molar-refractivity contribution in [2.75, 3.05) is 5.73 Å². The number of para-hydroxylation sites is 1. The van der Waals surface area contributed by atoms with Crippen molar-refractivity contribution in [3.63, 3.8) is 0 Å². The fourth-order valence-electron chi connectivity index (χ4n) is 6.59. The summed E-state index contributed by atoms with van der Waals surface area (Å²) in [6.07, 6.45) is 11.8. The van der Waals surface area contributed by atoms with E-state index in [9.17, 15) is 10.2 Å². The maximum absolute atomic E-state index is 11.1. The van der Waals surface area contributed by atoms with Crippen molar-refractivity contribution in [3.8, 4) is 11.5 Å². The molecule has 3 nitrogen and oxygen atoms in total. The Labute approximate surface area is 203 Å². The van der Waals surface area contributed by atoms with E-state index in [2.05, 4.69) is 18.2 Å². The predicted octanol–water partition coefficient (Wildman–Crippen LogP) is 7.96. The van der Waals surface area contributed by atoms with Gasteiger partial charge in [0.2, 0.25) is 0 Å². The van der Waals surface area contributed by atoms with Gasteiger partial charge in [-0.05, 0) is 72.4 Å². The van der Waals surface area contributed by atoms with Crippen LogP contribution in [0.4, 0.5) is 5.69 Å². The number of benzene rings is 3. The maximum Gasteiger partial charge on any atom is 0.119 e. The Balaban J connectivity index is 1.74. The molecule has 3 heteroatoms. The molecule has 3 aromatic rings. The topological polar surface area (TPSA) is 66.5 Å². The summed E-state index contributed by atoms with van der Waals surface area (Å²) in [6, 6.07) is 20.1. The lowest BCUT2D eigenvalue weighted by Crippen LogP contribution is -2.16. The van der Waals surface area contributed by atoms with Crippen molar-refractivity contribution in [1.29, 1.82) is 0 Å². The van der Waals surface area contributed by atoms with E-state index in [1.807, 2.05) is 42.5 Å². The largest absolute Gasteiger partial charge is 0.508 e. The predicted molar refractivity (Wildman–Crippen MR) is 140 cm³/mol. The minimum Gasteiger partial charge on any atom is -0.508 e. The van der Waals surface area contributed by atoms with Gasteiger partial charge in [0.1, 0.15) is 11.5 Å². The summed E-state index contributed by atoms with van der Waals surface area (Å²) in [4.78, 5) is 0. The van der Waals surface area contributed by atoms with Gasteiger partial charge in [0.15, 0.2) is 0 Å². The van der Waals surface area contributed by atoms with Crippen LogP contribution in [0.5, 0.6) is 11.5 Å². The molecule has 0 heterocycles. The monoisotopic (exact) mass is 455 g/mol. The Morgan fingerprint density at radius 1 is 0.559 bits per heavy atom. The van der Waals surface area contributed by atoms with Gasteiger partial charge in [0.25, 0.3) is 0 Å². The first kappa shape index (κ1) is 22.8. The average Bonchev–Trinajstić information content (AvgIpc) is 2.87. The Hall–Kier alpha value is -2.94. The third-order valence-electron chi connectivity index (χ3n) is 8.19. The number of anilines is 1. The zero-order valence-corrected chi connectivity index (χ0v) is 20.0. The van der Waals surface area contributed by atoms with Crippen LogP contribution in [0.15, 0.2) is 60.7 Å². The van der Waals surface area contributed by atoms with Crippen LogP contribution in [-0.4, -0.2) is 10.2 Å². The minimum atomic E-state index is -0.130. The van der Waals surface area contributed by atoms with Gasteiger partial charge in [-0.2, -0.15) is 0 Å². The second kappa shape index (κ2) is 10.1. The van der Waals surface area contributed by atoms with Crippen LogP contribution in [0.1, 0.15) is 110 Å². The van der Waals surface area contributed by atoms with Gasteiger partial charge in [0.05, 0.1) is 0 Å². The molecule has 2 saturated carbocycles. The van der Waals surface area contributed by atoms with Crippen molar-refractivity contribution >= 4 is 5.69 Å². The van der Waals surface area contributed by atoms with E-state index in [1.54, 1.807) is 0 Å². The summed E-state index contributed by atoms with van der Waals surface area (Å²) >= 11 is 0. The van der Waals surface area contributed by atoms with Crippen LogP contribution in [0.25, 0.3) is 0 Å². The third kappa shape index (κ3) is 4.41. The van der Waals surface area contributed by atoms with E-state index in [-0.39, 0.29) is 5.92 Å². The number of rotatable bonds is 5. The maximum atomic E-state index is 11.1. The normalized spacial score (nSPS) is 17.8. The number of nitrogen functional groups attached to an aromatic ring is 1. The van der Waals surface area contributed by atoms with Gasteiger partial charge in [-0.15, -0.1) is 0 Å². The number of phenolic OH excluding ortho intramolecular Hbond substituents is 2. The molecule has 0 atom stereocenters. The summed E-state index contributed by atoms with van der Waals surface area (Å²) in [6.45, 7) is 0. The Morgan fingerprint density at radius 2 is 1.00 bits per heavy atom. The number of hydrogen-bond acceptors (Lipinski definition) is 3. The van der Waals surface area contributed by atoms with Crippen molar-refractivity contribution in [1.82, 2.24) is 0 Å². The molecule has 0 aromatic heterocycles. The van der Waals surface area contributed by atoms with Crippen LogP contribution in [0.2, 0.25) is 0 Å². The standard InChI is InChI=1S/C31H37NO2/c32-26-18-8-7-15-23(26)31(24-16-9-19-27(33)29(24)21-11-3-1-4-12-21)25-17-10-20-28(34)30(25)22-13-5-2-6-14-22/h7-10,15-22,31,33-34H,1-6,11-14,32H2. The van der Waals surface area contributed by atoms with Crippen molar-refractivity contribution in [3.05, 3.63) is 88.5 Å². The minimum absolute atomic E-state index is 0.130. The zero-order chi connectivity index (χ0) is 23.5. The third-order valence-corrected chi connectivity index (χ3v) is 8.19. The quantitative estimate of drug-likeness (QED) is 0.270. The molecule has 4 N–H and O–H groups in total. The zero-order valence-electron chi connectivity index (χ0n) is 20.0. The molecule has 0 unspecified atom stereocenters. The highest BCUT2D eigenvalue weighted by Crippen LogP contribution is 2.49. The summed E-state index contributed by atoms with van der Waals surface area (Å²) in [5, 5.41) is 22.3. The van der Waals surface area contributed by atoms with Crippen LogP contribution < -0.4 is 5.73 Å². The lowest BCUT2D eigenvalue weighted by molar-refractivity contribution is 0.408. The van der Waals surface area contributed by atoms with Crippen molar-refractivity contribution < 1.29 is 10.2 Å². The molecule has 2 fully saturated rings. The van der Waals surface area contributed by atoms with Crippen molar-refractivity contribution in [2.45, 2.75) is 82.0 Å². The molecule has 2 aliphatic rings. The number of aromatic hydroxyl groups is 2. The fraction of sp³-hybridized carbons (Fsp3) is 0.419. The molecule has 3 aromatic carbocycles. The molecular weight excluding hydrogens is 418 g/mol. The SMILES string of the molecule is Nc1ccccc1C(c1cccc(O)c1C1CCCCC1)c1cccc(O)c1C1CCCCC1. The first-order valence-electron chi connectivity index (χ1n) is 13.1. The molecule has 0 spiro atoms. The first-order valence-corrected chi connectivity index (χ1v) is 13.1. The molecule has 0 radical (unpaired) electrons. The smallest absolute Gasteiger partial charge is 0.119 e. The van der Waals surface area contributed by atoms with Gasteiger partial charge in [-0.1, -0.05) is 81.0 Å². The highest BCUT2D eigenvalue weighted by Gasteiger charge is 2.32. The van der Waals surface area contributed by atoms with Gasteiger partial charge >= 0.3 is 0 Å². The molecule has 0 bridgehead atoms. The van der Waals surface area contributed by atoms with Gasteiger partial charge in [0, 0.05) is 22.7 Å². The number of nitrogens with two attached hydrogens (primary N) is 1. The number of hydrogen-bond donors (Lipinski definition) is 3. The molecule has 0 amide bonds. The van der Waals surface area contributed by atoms with Crippen LogP contribution >= 0.6 is 0 Å². The summed E-state index contributed by atoms with van der Waals surface area (Å²) in [5.74, 6) is 1.36. The molecule has 0 aliphatic heterocycles. The van der Waals surface area contributed by atoms with Crippen LogP contribution in [0.3, 0.4) is 0 Å². The van der Waals surface area contributed by atoms with E-state index in [4.69, 9.17) is 5.73 Å². The average molecular weight is 456 g/mol. The molecule has 2 aliphatic carbocycles. The van der Waals surface area contributed by atoms with E-state index in [0.29, 0.717) is 23.3 Å². The number of phenols is 2. The fourth-order valence-corrected chi connectivity index (χ4v) is 6.59. The van der Waals surface area contributed by atoms with E-state index in [0.717, 1.165) is 59.2 Å². The van der Waals surface area contributed by atoms with E-state index in [1.165, 1.54) is 38.5 Å². The Bertz CT molecular complexity index is 1060. The molecule has 5 rings (SSSR count). The summed E-state index contributed by atoms with van der Waals surface area (Å²) in [5.41, 5.74) is 12.8. The molecule has 178 valence electrons. The van der Waals surface area contributed by atoms with Gasteiger partial charge in [-0.25, -0.2) is 0 Å². The lowest BCUT2D eigenvalue weighted by atomic mass is 9.72. The second-order valence-corrected chi connectivity index (χ2v) is 10.3. The summed E-state index contributed by atoms with van der Waals surface area (Å²) in [7, 11) is 0. The second-order valence-electron chi connectivity index (χ2n) is 10.3. The van der Waals surface area contributed by atoms with E-state index < -0.39 is 0 Å². The van der Waals surface area contributed by atoms with Gasteiger partial charge in [-0.3, -0.25) is 0 Å². The van der Waals surface area contributed by atoms with E-state index >= 15 is 0 Å². The van der Waals surface area contributed by atoms with Crippen LogP contribution in [0, 0.1) is 0 Å². The molecule has 34 heavy (non-hydrogen) atoms. The lowest BCUT2D eigenvalue weighted by Gasteiger charge is -2.32. The summed E-state index contributed by atoms with van der Waals surface area (Å²) < 4.78 is 0. The highest BCUT2D eigenvalue weighted by atomic mass is 16.3. The van der Waals surface area contributed by atoms with Crippen molar-refractivity contribution in [2.24, 2.45) is 0 Å². The Morgan fingerprint density at radius 3 is 1.47 bits per heavy atom.